The van der Waals surface area contributed by atoms with Crippen LogP contribution in [-0.4, -0.2) is 16.8 Å². The average Bonchev–Trinajstić information content (AvgIpc) is 2.72. The molecule has 0 saturated carbocycles. The fraction of sp³-hybridized carbons (Fsp3) is 0.0455. The second kappa shape index (κ2) is 9.62. The highest BCUT2D eigenvalue weighted by Crippen LogP contribution is 2.13. The largest absolute Gasteiger partial charge is 0.348 e. The van der Waals surface area contributed by atoms with Crippen molar-refractivity contribution in [3.63, 3.8) is 0 Å². The molecule has 0 spiro atoms. The van der Waals surface area contributed by atoms with Crippen molar-refractivity contribution in [2.75, 3.05) is 5.32 Å². The Kier molecular flexibility index (Phi) is 6.70. The number of anilines is 1. The predicted octanol–water partition coefficient (Wildman–Crippen LogP) is 4.43. The van der Waals surface area contributed by atoms with E-state index in [4.69, 9.17) is 0 Å². The highest BCUT2D eigenvalue weighted by molar-refractivity contribution is 9.10. The van der Waals surface area contributed by atoms with Crippen molar-refractivity contribution in [1.29, 1.82) is 0 Å². The molecule has 1 heterocycles. The monoisotopic (exact) mass is 435 g/mol. The van der Waals surface area contributed by atoms with Crippen molar-refractivity contribution in [2.45, 2.75) is 6.54 Å². The van der Waals surface area contributed by atoms with E-state index < -0.39 is 0 Å². The number of nitrogens with zero attached hydrogens (tertiary/aromatic N) is 1. The van der Waals surface area contributed by atoms with Gasteiger partial charge < -0.3 is 10.6 Å². The number of hydrogen-bond donors (Lipinski definition) is 2. The van der Waals surface area contributed by atoms with Gasteiger partial charge in [-0.3, -0.25) is 14.6 Å². The number of pyridine rings is 1. The van der Waals surface area contributed by atoms with Crippen LogP contribution in [0.25, 0.3) is 6.08 Å². The number of halogens is 1. The van der Waals surface area contributed by atoms with Crippen LogP contribution in [0.2, 0.25) is 0 Å². The van der Waals surface area contributed by atoms with E-state index in [0.717, 1.165) is 15.6 Å². The van der Waals surface area contributed by atoms with Gasteiger partial charge in [-0.05, 0) is 53.6 Å². The maximum atomic E-state index is 12.2. The van der Waals surface area contributed by atoms with E-state index >= 15 is 0 Å². The van der Waals surface area contributed by atoms with Crippen LogP contribution in [0.1, 0.15) is 21.5 Å². The first-order valence-corrected chi connectivity index (χ1v) is 9.41. The number of carbonyl (C=O) groups excluding carboxylic acids is 2. The zero-order valence-corrected chi connectivity index (χ0v) is 16.5. The maximum absolute atomic E-state index is 12.2. The van der Waals surface area contributed by atoms with Crippen molar-refractivity contribution in [3.05, 3.63) is 100 Å². The topological polar surface area (TPSA) is 71.1 Å². The van der Waals surface area contributed by atoms with Gasteiger partial charge in [0.15, 0.2) is 0 Å². The molecule has 3 rings (SSSR count). The van der Waals surface area contributed by atoms with Gasteiger partial charge in [0.2, 0.25) is 5.91 Å². The first-order chi connectivity index (χ1) is 13.6. The number of aromatic nitrogens is 1. The minimum absolute atomic E-state index is 0.190. The number of hydrogen-bond acceptors (Lipinski definition) is 3. The molecule has 2 N–H and O–H groups in total. The molecule has 0 aliphatic carbocycles. The minimum Gasteiger partial charge on any atom is -0.348 e. The molecule has 2 amide bonds. The van der Waals surface area contributed by atoms with Gasteiger partial charge in [-0.2, -0.15) is 0 Å². The number of benzene rings is 2. The Bertz CT molecular complexity index is 1000. The molecule has 0 saturated heterocycles. The Balaban J connectivity index is 1.55. The van der Waals surface area contributed by atoms with Crippen LogP contribution >= 0.6 is 15.9 Å². The molecular weight excluding hydrogens is 418 g/mol. The normalized spacial score (nSPS) is 10.6. The van der Waals surface area contributed by atoms with Gasteiger partial charge in [-0.25, -0.2) is 0 Å². The smallest absolute Gasteiger partial charge is 0.257 e. The lowest BCUT2D eigenvalue weighted by Crippen LogP contribution is -2.20. The molecule has 1 aromatic heterocycles. The van der Waals surface area contributed by atoms with Crippen LogP contribution in [0, 0.1) is 0 Å². The highest BCUT2D eigenvalue weighted by atomic mass is 79.9. The molecule has 0 aliphatic rings. The molecular formula is C22H18BrN3O2. The van der Waals surface area contributed by atoms with Crippen LogP contribution < -0.4 is 10.6 Å². The number of rotatable bonds is 6. The van der Waals surface area contributed by atoms with Crippen LogP contribution in [-0.2, 0) is 11.3 Å². The van der Waals surface area contributed by atoms with Gasteiger partial charge in [0.25, 0.3) is 5.91 Å². The number of nitrogens with one attached hydrogen (secondary N) is 2. The molecule has 0 fully saturated rings. The molecule has 0 bridgehead atoms. The third-order valence-corrected chi connectivity index (χ3v) is 4.34. The first-order valence-electron chi connectivity index (χ1n) is 8.62. The van der Waals surface area contributed by atoms with Crippen molar-refractivity contribution >= 4 is 39.5 Å². The number of carbonyl (C=O) groups is 2. The summed E-state index contributed by atoms with van der Waals surface area (Å²) in [6.07, 6.45) is 6.38. The lowest BCUT2D eigenvalue weighted by Gasteiger charge is -2.08. The lowest BCUT2D eigenvalue weighted by molar-refractivity contribution is -0.116. The van der Waals surface area contributed by atoms with Gasteiger partial charge in [0.05, 0.1) is 5.56 Å². The SMILES string of the molecule is O=C(/C=C/c1cccc(Br)c1)NCc1cccc(NC(=O)c2cccnc2)c1. The Hall–Kier alpha value is -3.25. The molecule has 3 aromatic rings. The summed E-state index contributed by atoms with van der Waals surface area (Å²) in [6, 6.07) is 18.4. The third-order valence-electron chi connectivity index (χ3n) is 3.85. The van der Waals surface area contributed by atoms with Crippen molar-refractivity contribution in [3.8, 4) is 0 Å². The number of amides is 2. The second-order valence-electron chi connectivity index (χ2n) is 6.00. The van der Waals surface area contributed by atoms with E-state index in [2.05, 4.69) is 31.5 Å². The van der Waals surface area contributed by atoms with E-state index in [1.54, 1.807) is 30.5 Å². The molecule has 5 nitrogen and oxygen atoms in total. The Labute approximate surface area is 171 Å². The molecule has 0 aliphatic heterocycles. The lowest BCUT2D eigenvalue weighted by atomic mass is 10.2. The highest BCUT2D eigenvalue weighted by Gasteiger charge is 2.06. The summed E-state index contributed by atoms with van der Waals surface area (Å²) in [7, 11) is 0. The molecule has 0 atom stereocenters. The fourth-order valence-electron chi connectivity index (χ4n) is 2.49. The molecule has 0 radical (unpaired) electrons. The fourth-order valence-corrected chi connectivity index (χ4v) is 2.91. The van der Waals surface area contributed by atoms with Crippen LogP contribution in [0.4, 0.5) is 5.69 Å². The molecule has 28 heavy (non-hydrogen) atoms. The second-order valence-corrected chi connectivity index (χ2v) is 6.92. The minimum atomic E-state index is -0.230. The van der Waals surface area contributed by atoms with Gasteiger partial charge in [-0.15, -0.1) is 0 Å². The average molecular weight is 436 g/mol. The van der Waals surface area contributed by atoms with Crippen LogP contribution in [0.3, 0.4) is 0 Å². The van der Waals surface area contributed by atoms with E-state index in [-0.39, 0.29) is 11.8 Å². The van der Waals surface area contributed by atoms with E-state index in [1.165, 1.54) is 12.3 Å². The van der Waals surface area contributed by atoms with Gasteiger partial charge >= 0.3 is 0 Å². The Morgan fingerprint density at radius 2 is 1.89 bits per heavy atom. The van der Waals surface area contributed by atoms with Crippen molar-refractivity contribution in [1.82, 2.24) is 10.3 Å². The summed E-state index contributed by atoms with van der Waals surface area (Å²) in [5.74, 6) is -0.420. The van der Waals surface area contributed by atoms with Gasteiger partial charge in [0, 0.05) is 35.2 Å². The van der Waals surface area contributed by atoms with Gasteiger partial charge in [0.1, 0.15) is 0 Å². The summed E-state index contributed by atoms with van der Waals surface area (Å²) in [4.78, 5) is 28.2. The maximum Gasteiger partial charge on any atom is 0.257 e. The molecule has 0 unspecified atom stereocenters. The van der Waals surface area contributed by atoms with E-state index in [9.17, 15) is 9.59 Å². The van der Waals surface area contributed by atoms with E-state index in [1.807, 2.05) is 42.5 Å². The first kappa shape index (κ1) is 19.5. The zero-order valence-electron chi connectivity index (χ0n) is 14.9. The summed E-state index contributed by atoms with van der Waals surface area (Å²) in [6.45, 7) is 0.359. The predicted molar refractivity (Wildman–Crippen MR) is 114 cm³/mol. The standard InChI is InChI=1S/C22H18BrN3O2/c23-19-7-1-4-16(12-19)9-10-21(27)25-14-17-5-2-8-20(13-17)26-22(28)18-6-3-11-24-15-18/h1-13,15H,14H2,(H,25,27)(H,26,28)/b10-9+. The molecule has 140 valence electrons. The van der Waals surface area contributed by atoms with Gasteiger partial charge in [-0.1, -0.05) is 40.2 Å². The van der Waals surface area contributed by atoms with E-state index in [0.29, 0.717) is 17.8 Å². The third kappa shape index (κ3) is 5.89. The summed E-state index contributed by atoms with van der Waals surface area (Å²) >= 11 is 3.40. The van der Waals surface area contributed by atoms with Crippen LogP contribution in [0.15, 0.2) is 83.6 Å². The Morgan fingerprint density at radius 3 is 2.68 bits per heavy atom. The zero-order chi connectivity index (χ0) is 19.8. The van der Waals surface area contributed by atoms with Crippen LogP contribution in [0.5, 0.6) is 0 Å². The summed E-state index contributed by atoms with van der Waals surface area (Å²) in [5, 5.41) is 5.66. The Morgan fingerprint density at radius 1 is 1.04 bits per heavy atom. The quantitative estimate of drug-likeness (QED) is 0.562. The summed E-state index contributed by atoms with van der Waals surface area (Å²) < 4.78 is 0.959. The molecule has 6 heteroatoms. The molecule has 2 aromatic carbocycles. The van der Waals surface area contributed by atoms with Crippen molar-refractivity contribution in [2.24, 2.45) is 0 Å². The summed E-state index contributed by atoms with van der Waals surface area (Å²) in [5.41, 5.74) is 2.96. The van der Waals surface area contributed by atoms with Crippen molar-refractivity contribution < 1.29 is 9.59 Å².